The lowest BCUT2D eigenvalue weighted by Gasteiger charge is -2.27. The Kier molecular flexibility index (Phi) is 5.59. The summed E-state index contributed by atoms with van der Waals surface area (Å²) >= 11 is 0. The predicted molar refractivity (Wildman–Crippen MR) is 74.3 cm³/mol. The predicted octanol–water partition coefficient (Wildman–Crippen LogP) is 3.17. The van der Waals surface area contributed by atoms with Gasteiger partial charge in [0.25, 0.3) is 0 Å². The van der Waals surface area contributed by atoms with Gasteiger partial charge in [-0.3, -0.25) is 0 Å². The van der Waals surface area contributed by atoms with E-state index in [1.165, 1.54) is 4.90 Å². The molecule has 0 radical (unpaired) electrons. The molecule has 1 aromatic rings. The maximum absolute atomic E-state index is 12.7. The van der Waals surface area contributed by atoms with Gasteiger partial charge in [-0.05, 0) is 13.3 Å². The highest BCUT2D eigenvalue weighted by atomic mass is 19.4. The van der Waals surface area contributed by atoms with Crippen LogP contribution in [0.15, 0.2) is 0 Å². The van der Waals surface area contributed by atoms with Gasteiger partial charge in [0.2, 0.25) is 0 Å². The van der Waals surface area contributed by atoms with E-state index in [9.17, 15) is 13.2 Å². The summed E-state index contributed by atoms with van der Waals surface area (Å²) in [5.74, 6) is 1.48. The van der Waals surface area contributed by atoms with Crippen LogP contribution in [0.1, 0.15) is 31.7 Å². The van der Waals surface area contributed by atoms with Gasteiger partial charge < -0.3 is 10.2 Å². The molecule has 7 heteroatoms. The molecule has 4 nitrogen and oxygen atoms in total. The van der Waals surface area contributed by atoms with Crippen molar-refractivity contribution in [2.75, 3.05) is 30.4 Å². The largest absolute Gasteiger partial charge is 0.405 e. The number of alkyl halides is 3. The molecule has 0 saturated carbocycles. The van der Waals surface area contributed by atoms with Crippen molar-refractivity contribution in [3.63, 3.8) is 0 Å². The van der Waals surface area contributed by atoms with Crippen LogP contribution in [0.2, 0.25) is 0 Å². The van der Waals surface area contributed by atoms with E-state index in [4.69, 9.17) is 0 Å². The second-order valence-electron chi connectivity index (χ2n) is 4.58. The third-order valence-corrected chi connectivity index (χ3v) is 2.88. The Morgan fingerprint density at radius 2 is 1.85 bits per heavy atom. The Bertz CT molecular complexity index is 446. The molecule has 0 saturated heterocycles. The van der Waals surface area contributed by atoms with Crippen LogP contribution in [0.3, 0.4) is 0 Å². The molecular formula is C13H21F3N4. The number of nitrogens with zero attached hydrogens (tertiary/aromatic N) is 3. The molecule has 1 heterocycles. The zero-order valence-electron chi connectivity index (χ0n) is 12.3. The molecule has 0 aliphatic rings. The van der Waals surface area contributed by atoms with Crippen molar-refractivity contribution < 1.29 is 13.2 Å². The monoisotopic (exact) mass is 290 g/mol. The second kappa shape index (κ2) is 6.76. The fraction of sp³-hybridized carbons (Fsp3) is 0.692. The molecule has 0 amide bonds. The summed E-state index contributed by atoms with van der Waals surface area (Å²) in [6.07, 6.45) is -3.05. The molecule has 0 unspecified atom stereocenters. The van der Waals surface area contributed by atoms with Crippen LogP contribution < -0.4 is 10.2 Å². The molecular weight excluding hydrogens is 269 g/mol. The van der Waals surface area contributed by atoms with Gasteiger partial charge in [0.05, 0.1) is 0 Å². The first kappa shape index (κ1) is 16.5. The molecule has 0 bridgehead atoms. The highest BCUT2D eigenvalue weighted by Gasteiger charge is 2.32. The molecule has 0 spiro atoms. The number of hydrogen-bond donors (Lipinski definition) is 1. The van der Waals surface area contributed by atoms with E-state index in [-0.39, 0.29) is 0 Å². The van der Waals surface area contributed by atoms with Crippen molar-refractivity contribution in [3.05, 3.63) is 11.4 Å². The Hall–Kier alpha value is -1.53. The number of hydrogen-bond acceptors (Lipinski definition) is 4. The fourth-order valence-corrected chi connectivity index (χ4v) is 2.01. The lowest BCUT2D eigenvalue weighted by Crippen LogP contribution is -2.36. The molecule has 1 N–H and O–H groups in total. The van der Waals surface area contributed by atoms with E-state index < -0.39 is 12.7 Å². The van der Waals surface area contributed by atoms with E-state index in [2.05, 4.69) is 15.3 Å². The Morgan fingerprint density at radius 3 is 2.30 bits per heavy atom. The first-order valence-electron chi connectivity index (χ1n) is 6.69. The normalized spacial score (nSPS) is 11.6. The third-order valence-electron chi connectivity index (χ3n) is 2.88. The molecule has 0 aliphatic carbocycles. The zero-order chi connectivity index (χ0) is 15.3. The number of rotatable bonds is 6. The average Bonchev–Trinajstić information content (AvgIpc) is 2.37. The van der Waals surface area contributed by atoms with Crippen LogP contribution in [0.25, 0.3) is 0 Å². The summed E-state index contributed by atoms with van der Waals surface area (Å²) in [4.78, 5) is 9.83. The third kappa shape index (κ3) is 4.25. The smallest absolute Gasteiger partial charge is 0.373 e. The van der Waals surface area contributed by atoms with Crippen LogP contribution in [0.5, 0.6) is 0 Å². The molecule has 0 aliphatic heterocycles. The lowest BCUT2D eigenvalue weighted by molar-refractivity contribution is -0.119. The van der Waals surface area contributed by atoms with Crippen LogP contribution in [0, 0.1) is 6.92 Å². The van der Waals surface area contributed by atoms with E-state index in [0.29, 0.717) is 42.4 Å². The highest BCUT2D eigenvalue weighted by Crippen LogP contribution is 2.27. The number of nitrogens with one attached hydrogen (secondary N) is 1. The maximum atomic E-state index is 12.7. The van der Waals surface area contributed by atoms with E-state index in [1.807, 2.05) is 13.8 Å². The van der Waals surface area contributed by atoms with E-state index in [1.54, 1.807) is 14.0 Å². The summed E-state index contributed by atoms with van der Waals surface area (Å²) in [5, 5.41) is 2.91. The molecule has 0 atom stereocenters. The second-order valence-corrected chi connectivity index (χ2v) is 4.58. The first-order chi connectivity index (χ1) is 9.32. The van der Waals surface area contributed by atoms with Crippen LogP contribution in [0.4, 0.5) is 24.8 Å². The van der Waals surface area contributed by atoms with Gasteiger partial charge in [-0.15, -0.1) is 0 Å². The van der Waals surface area contributed by atoms with Gasteiger partial charge in [-0.1, -0.05) is 13.8 Å². The topological polar surface area (TPSA) is 41.1 Å². The van der Waals surface area contributed by atoms with Gasteiger partial charge in [0, 0.05) is 25.6 Å². The van der Waals surface area contributed by atoms with Gasteiger partial charge in [-0.2, -0.15) is 13.2 Å². The summed E-state index contributed by atoms with van der Waals surface area (Å²) in [6.45, 7) is 4.77. The molecule has 20 heavy (non-hydrogen) atoms. The summed E-state index contributed by atoms with van der Waals surface area (Å²) < 4.78 is 38.1. The Morgan fingerprint density at radius 1 is 1.20 bits per heavy atom. The van der Waals surface area contributed by atoms with Crippen molar-refractivity contribution in [3.8, 4) is 0 Å². The quantitative estimate of drug-likeness (QED) is 0.873. The van der Waals surface area contributed by atoms with Gasteiger partial charge in [-0.25, -0.2) is 9.97 Å². The van der Waals surface area contributed by atoms with Crippen molar-refractivity contribution in [2.45, 2.75) is 39.8 Å². The molecule has 1 aromatic heterocycles. The minimum atomic E-state index is -4.25. The van der Waals surface area contributed by atoms with Crippen molar-refractivity contribution in [2.24, 2.45) is 0 Å². The zero-order valence-corrected chi connectivity index (χ0v) is 12.3. The Balaban J connectivity index is 3.23. The minimum Gasteiger partial charge on any atom is -0.373 e. The van der Waals surface area contributed by atoms with Crippen molar-refractivity contribution in [1.29, 1.82) is 0 Å². The SMILES string of the molecule is CCCN(CC(F)(F)F)c1nc(CC)nc(NC)c1C. The van der Waals surface area contributed by atoms with Crippen molar-refractivity contribution >= 4 is 11.6 Å². The average molecular weight is 290 g/mol. The number of aryl methyl sites for hydroxylation is 1. The van der Waals surface area contributed by atoms with Crippen molar-refractivity contribution in [1.82, 2.24) is 9.97 Å². The summed E-state index contributed by atoms with van der Waals surface area (Å²) in [7, 11) is 1.70. The number of aromatic nitrogens is 2. The standard InChI is InChI=1S/C13H21F3N4/c1-5-7-20(8-13(14,15)16)12-9(3)11(17-4)18-10(6-2)19-12/h5-8H2,1-4H3,(H,17,18,19). The molecule has 1 rings (SSSR count). The van der Waals surface area contributed by atoms with Gasteiger partial charge >= 0.3 is 6.18 Å². The van der Waals surface area contributed by atoms with Crippen LogP contribution >= 0.6 is 0 Å². The summed E-state index contributed by atoms with van der Waals surface area (Å²) in [6, 6.07) is 0. The number of halogens is 3. The van der Waals surface area contributed by atoms with Crippen LogP contribution in [-0.4, -0.2) is 36.3 Å². The molecule has 114 valence electrons. The summed E-state index contributed by atoms with van der Waals surface area (Å²) in [5.41, 5.74) is 0.641. The Labute approximate surface area is 117 Å². The fourth-order valence-electron chi connectivity index (χ4n) is 2.01. The van der Waals surface area contributed by atoms with Crippen LogP contribution in [-0.2, 0) is 6.42 Å². The first-order valence-corrected chi connectivity index (χ1v) is 6.69. The number of anilines is 2. The van der Waals surface area contributed by atoms with E-state index >= 15 is 0 Å². The highest BCUT2D eigenvalue weighted by molar-refractivity contribution is 5.58. The molecule has 0 aromatic carbocycles. The maximum Gasteiger partial charge on any atom is 0.405 e. The van der Waals surface area contributed by atoms with Gasteiger partial charge in [0.15, 0.2) is 0 Å². The lowest BCUT2D eigenvalue weighted by atomic mass is 10.2. The molecule has 0 fully saturated rings. The van der Waals surface area contributed by atoms with Gasteiger partial charge in [0.1, 0.15) is 24.0 Å². The van der Waals surface area contributed by atoms with E-state index in [0.717, 1.165) is 0 Å². The minimum absolute atomic E-state index is 0.309.